The molecule has 178 valence electrons. The van der Waals surface area contributed by atoms with Gasteiger partial charge in [0, 0.05) is 45.3 Å². The first-order valence-corrected chi connectivity index (χ1v) is 11.2. The number of amides is 1. The SMILES string of the molecule is C[C@@H]1CN(c2cnc(C(F)(F)F)cn2)CCN1C(=O)OC1CCN(Cc2ccccc2)CC1. The fourth-order valence-corrected chi connectivity index (χ4v) is 4.30. The van der Waals surface area contributed by atoms with Crippen molar-refractivity contribution in [1.29, 1.82) is 0 Å². The lowest BCUT2D eigenvalue weighted by atomic mass is 10.1. The number of nitrogens with zero attached hydrogens (tertiary/aromatic N) is 5. The molecule has 0 radical (unpaired) electrons. The quantitative estimate of drug-likeness (QED) is 0.687. The molecule has 0 aliphatic carbocycles. The van der Waals surface area contributed by atoms with Gasteiger partial charge in [0.25, 0.3) is 0 Å². The summed E-state index contributed by atoms with van der Waals surface area (Å²) in [6, 6.07) is 10.2. The Kier molecular flexibility index (Phi) is 7.02. The van der Waals surface area contributed by atoms with Crippen molar-refractivity contribution in [3.63, 3.8) is 0 Å². The molecule has 3 heterocycles. The lowest BCUT2D eigenvalue weighted by Crippen LogP contribution is -2.55. The minimum absolute atomic E-state index is 0.101. The van der Waals surface area contributed by atoms with Gasteiger partial charge in [-0.15, -0.1) is 0 Å². The zero-order valence-corrected chi connectivity index (χ0v) is 18.5. The molecule has 1 aromatic heterocycles. The maximum Gasteiger partial charge on any atom is 0.434 e. The van der Waals surface area contributed by atoms with Crippen LogP contribution in [0.25, 0.3) is 0 Å². The fraction of sp³-hybridized carbons (Fsp3) is 0.522. The zero-order chi connectivity index (χ0) is 23.4. The first-order chi connectivity index (χ1) is 15.8. The van der Waals surface area contributed by atoms with Crippen molar-refractivity contribution in [1.82, 2.24) is 19.8 Å². The summed E-state index contributed by atoms with van der Waals surface area (Å²) in [6.07, 6.45) is -1.48. The summed E-state index contributed by atoms with van der Waals surface area (Å²) in [5.41, 5.74) is 0.258. The van der Waals surface area contributed by atoms with Crippen LogP contribution in [0.5, 0.6) is 0 Å². The van der Waals surface area contributed by atoms with Crippen molar-refractivity contribution in [3.05, 3.63) is 54.0 Å². The Morgan fingerprint density at radius 2 is 1.79 bits per heavy atom. The van der Waals surface area contributed by atoms with Gasteiger partial charge in [0.1, 0.15) is 11.9 Å². The highest BCUT2D eigenvalue weighted by molar-refractivity contribution is 5.68. The number of rotatable bonds is 4. The summed E-state index contributed by atoms with van der Waals surface area (Å²) in [5.74, 6) is 0.369. The molecular formula is C23H28F3N5O2. The van der Waals surface area contributed by atoms with Crippen molar-refractivity contribution in [2.75, 3.05) is 37.6 Å². The first kappa shape index (κ1) is 23.3. The van der Waals surface area contributed by atoms with Crippen molar-refractivity contribution in [2.45, 2.75) is 44.6 Å². The number of likely N-dealkylation sites (tertiary alicyclic amines) is 1. The van der Waals surface area contributed by atoms with Gasteiger partial charge in [0.15, 0.2) is 5.69 Å². The number of hydrogen-bond donors (Lipinski definition) is 0. The van der Waals surface area contributed by atoms with Crippen LogP contribution in [-0.2, 0) is 17.5 Å². The van der Waals surface area contributed by atoms with Crippen molar-refractivity contribution < 1.29 is 22.7 Å². The first-order valence-electron chi connectivity index (χ1n) is 11.2. The van der Waals surface area contributed by atoms with Crippen molar-refractivity contribution >= 4 is 11.9 Å². The molecular weight excluding hydrogens is 435 g/mol. The predicted molar refractivity (Wildman–Crippen MR) is 117 cm³/mol. The molecule has 1 atom stereocenters. The molecule has 10 heteroatoms. The molecule has 2 saturated heterocycles. The predicted octanol–water partition coefficient (Wildman–Crippen LogP) is 3.81. The van der Waals surface area contributed by atoms with E-state index in [4.69, 9.17) is 4.74 Å². The highest BCUT2D eigenvalue weighted by Crippen LogP contribution is 2.28. The Balaban J connectivity index is 1.24. The second-order valence-corrected chi connectivity index (χ2v) is 8.59. The van der Waals surface area contributed by atoms with E-state index in [9.17, 15) is 18.0 Å². The highest BCUT2D eigenvalue weighted by atomic mass is 19.4. The molecule has 2 aliphatic heterocycles. The third-order valence-corrected chi connectivity index (χ3v) is 6.17. The third-order valence-electron chi connectivity index (χ3n) is 6.17. The lowest BCUT2D eigenvalue weighted by molar-refractivity contribution is -0.141. The van der Waals surface area contributed by atoms with Crippen LogP contribution in [0.15, 0.2) is 42.7 Å². The Bertz CT molecular complexity index is 918. The molecule has 2 fully saturated rings. The van der Waals surface area contributed by atoms with Crippen LogP contribution in [0.1, 0.15) is 31.0 Å². The fourth-order valence-electron chi connectivity index (χ4n) is 4.30. The van der Waals surface area contributed by atoms with E-state index in [1.54, 1.807) is 4.90 Å². The molecule has 1 aromatic carbocycles. The standard InChI is InChI=1S/C23H28F3N5O2/c1-17-15-30(21-14-27-20(13-28-21)23(24,25)26)11-12-31(17)22(32)33-19-7-9-29(10-8-19)16-18-5-3-2-4-6-18/h2-6,13-14,17,19H,7-12,15-16H2,1H3/t17-/m1/s1. The second kappa shape index (κ2) is 9.94. The summed E-state index contributed by atoms with van der Waals surface area (Å²) < 4.78 is 43.9. The van der Waals surface area contributed by atoms with Gasteiger partial charge in [0.2, 0.25) is 0 Å². The van der Waals surface area contributed by atoms with Crippen LogP contribution in [0, 0.1) is 0 Å². The summed E-state index contributed by atoms with van der Waals surface area (Å²) >= 11 is 0. The van der Waals surface area contributed by atoms with Crippen molar-refractivity contribution in [3.8, 4) is 0 Å². The van der Waals surface area contributed by atoms with Gasteiger partial charge < -0.3 is 14.5 Å². The number of carbonyl (C=O) groups excluding carboxylic acids is 1. The van der Waals surface area contributed by atoms with Crippen LogP contribution >= 0.6 is 0 Å². The van der Waals surface area contributed by atoms with Crippen LogP contribution in [0.2, 0.25) is 0 Å². The molecule has 0 unspecified atom stereocenters. The average Bonchev–Trinajstić information content (AvgIpc) is 2.80. The largest absolute Gasteiger partial charge is 0.446 e. The number of carbonyl (C=O) groups is 1. The molecule has 33 heavy (non-hydrogen) atoms. The molecule has 0 N–H and O–H groups in total. The molecule has 7 nitrogen and oxygen atoms in total. The number of ether oxygens (including phenoxy) is 1. The average molecular weight is 464 g/mol. The smallest absolute Gasteiger partial charge is 0.434 e. The maximum atomic E-state index is 12.8. The summed E-state index contributed by atoms with van der Waals surface area (Å²) in [5, 5.41) is 0. The van der Waals surface area contributed by atoms with Crippen molar-refractivity contribution in [2.24, 2.45) is 0 Å². The second-order valence-electron chi connectivity index (χ2n) is 8.59. The Labute approximate surface area is 191 Å². The van der Waals surface area contributed by atoms with E-state index in [0.717, 1.165) is 44.9 Å². The van der Waals surface area contributed by atoms with Gasteiger partial charge >= 0.3 is 12.3 Å². The third kappa shape index (κ3) is 5.93. The Hall–Kier alpha value is -2.88. The van der Waals surface area contributed by atoms with Gasteiger partial charge in [-0.2, -0.15) is 13.2 Å². The molecule has 0 bridgehead atoms. The lowest BCUT2D eigenvalue weighted by Gasteiger charge is -2.40. The number of hydrogen-bond acceptors (Lipinski definition) is 6. The van der Waals surface area contributed by atoms with Gasteiger partial charge in [-0.1, -0.05) is 30.3 Å². The van der Waals surface area contributed by atoms with E-state index in [0.29, 0.717) is 25.5 Å². The van der Waals surface area contributed by atoms with Gasteiger partial charge in [-0.3, -0.25) is 4.90 Å². The number of alkyl halides is 3. The van der Waals surface area contributed by atoms with Crippen LogP contribution in [-0.4, -0.2) is 70.7 Å². The number of halogens is 3. The van der Waals surface area contributed by atoms with Crippen LogP contribution < -0.4 is 4.90 Å². The summed E-state index contributed by atoms with van der Waals surface area (Å²) in [6.45, 7) is 5.86. The maximum absolute atomic E-state index is 12.8. The number of piperazine rings is 1. The van der Waals surface area contributed by atoms with E-state index in [2.05, 4.69) is 27.0 Å². The minimum atomic E-state index is -4.51. The zero-order valence-electron chi connectivity index (χ0n) is 18.5. The monoisotopic (exact) mass is 463 g/mol. The van der Waals surface area contributed by atoms with E-state index < -0.39 is 11.9 Å². The number of piperidine rings is 1. The van der Waals surface area contributed by atoms with E-state index >= 15 is 0 Å². The van der Waals surface area contributed by atoms with E-state index in [-0.39, 0.29) is 18.2 Å². The molecule has 4 rings (SSSR count). The normalized spacial score (nSPS) is 20.7. The highest BCUT2D eigenvalue weighted by Gasteiger charge is 2.34. The molecule has 0 spiro atoms. The Morgan fingerprint density at radius 1 is 1.06 bits per heavy atom. The van der Waals surface area contributed by atoms with E-state index in [1.165, 1.54) is 5.56 Å². The molecule has 0 saturated carbocycles. The Morgan fingerprint density at radius 3 is 2.39 bits per heavy atom. The topological polar surface area (TPSA) is 61.8 Å². The van der Waals surface area contributed by atoms with Gasteiger partial charge in [-0.05, 0) is 25.3 Å². The van der Waals surface area contributed by atoms with E-state index in [1.807, 2.05) is 30.0 Å². The van der Waals surface area contributed by atoms with Crippen LogP contribution in [0.4, 0.5) is 23.8 Å². The van der Waals surface area contributed by atoms with Crippen LogP contribution in [0.3, 0.4) is 0 Å². The van der Waals surface area contributed by atoms with Gasteiger partial charge in [-0.25, -0.2) is 14.8 Å². The number of benzene rings is 1. The molecule has 2 aliphatic rings. The van der Waals surface area contributed by atoms with Gasteiger partial charge in [0.05, 0.1) is 12.4 Å². The summed E-state index contributed by atoms with van der Waals surface area (Å²) in [4.78, 5) is 26.0. The number of anilines is 1. The molecule has 1 amide bonds. The minimum Gasteiger partial charge on any atom is -0.446 e. The summed E-state index contributed by atoms with van der Waals surface area (Å²) in [7, 11) is 0. The molecule has 2 aromatic rings. The number of aromatic nitrogens is 2.